The van der Waals surface area contributed by atoms with Crippen LogP contribution in [0.2, 0.25) is 0 Å². The third-order valence-corrected chi connectivity index (χ3v) is 5.96. The summed E-state index contributed by atoms with van der Waals surface area (Å²) in [6, 6.07) is 11.2. The topological polar surface area (TPSA) is 93.7 Å². The lowest BCUT2D eigenvalue weighted by molar-refractivity contribution is 0.102. The van der Waals surface area contributed by atoms with Crippen molar-refractivity contribution in [2.75, 3.05) is 24.3 Å². The van der Waals surface area contributed by atoms with Gasteiger partial charge in [-0.25, -0.2) is 8.42 Å². The lowest BCUT2D eigenvalue weighted by atomic mass is 10.2. The molecule has 0 spiro atoms. The molecule has 8 heteroatoms. The molecule has 0 saturated heterocycles. The summed E-state index contributed by atoms with van der Waals surface area (Å²) in [5, 5.41) is 2.76. The molecule has 27 heavy (non-hydrogen) atoms. The first kappa shape index (κ1) is 20.6. The van der Waals surface area contributed by atoms with Crippen LogP contribution in [0.15, 0.2) is 42.5 Å². The summed E-state index contributed by atoms with van der Waals surface area (Å²) < 4.78 is 36.3. The Labute approximate surface area is 159 Å². The highest BCUT2D eigenvalue weighted by Crippen LogP contribution is 2.30. The Bertz CT molecular complexity index is 916. The minimum atomic E-state index is -3.52. The van der Waals surface area contributed by atoms with Crippen molar-refractivity contribution < 1.29 is 22.7 Å². The Balaban J connectivity index is 2.12. The molecular formula is C19H24N2O5S. The van der Waals surface area contributed by atoms with Gasteiger partial charge in [-0.15, -0.1) is 0 Å². The second kappa shape index (κ2) is 7.87. The first-order chi connectivity index (χ1) is 12.6. The highest BCUT2D eigenvalue weighted by molar-refractivity contribution is 7.94. The van der Waals surface area contributed by atoms with E-state index in [-0.39, 0.29) is 5.91 Å². The largest absolute Gasteiger partial charge is 0.493 e. The van der Waals surface area contributed by atoms with Crippen LogP contribution in [0, 0.1) is 0 Å². The maximum atomic E-state index is 12.4. The maximum Gasteiger partial charge on any atom is 0.255 e. The molecule has 0 unspecified atom stereocenters. The average molecular weight is 392 g/mol. The summed E-state index contributed by atoms with van der Waals surface area (Å²) in [5.74, 6) is 0.737. The summed E-state index contributed by atoms with van der Waals surface area (Å²) in [4.78, 5) is 12.4. The molecule has 2 N–H and O–H groups in total. The maximum absolute atomic E-state index is 12.4. The zero-order chi connectivity index (χ0) is 20.2. The number of ether oxygens (including phenoxy) is 2. The molecule has 0 bridgehead atoms. The van der Waals surface area contributed by atoms with Crippen molar-refractivity contribution in [2.45, 2.75) is 25.5 Å². The van der Waals surface area contributed by atoms with Gasteiger partial charge in [0.1, 0.15) is 0 Å². The van der Waals surface area contributed by atoms with Gasteiger partial charge in [-0.2, -0.15) is 0 Å². The fraction of sp³-hybridized carbons (Fsp3) is 0.316. The molecule has 0 aliphatic carbocycles. The molecule has 1 amide bonds. The van der Waals surface area contributed by atoms with Crippen molar-refractivity contribution in [1.82, 2.24) is 0 Å². The molecule has 0 fully saturated rings. The van der Waals surface area contributed by atoms with E-state index in [9.17, 15) is 13.2 Å². The fourth-order valence-corrected chi connectivity index (χ4v) is 2.87. The smallest absolute Gasteiger partial charge is 0.255 e. The first-order valence-corrected chi connectivity index (χ1v) is 9.71. The number of carbonyl (C=O) groups excluding carboxylic acids is 1. The highest BCUT2D eigenvalue weighted by Gasteiger charge is 2.28. The van der Waals surface area contributed by atoms with Crippen molar-refractivity contribution in [3.05, 3.63) is 48.0 Å². The van der Waals surface area contributed by atoms with E-state index in [1.165, 1.54) is 14.2 Å². The summed E-state index contributed by atoms with van der Waals surface area (Å²) >= 11 is 0. The van der Waals surface area contributed by atoms with Gasteiger partial charge in [0.25, 0.3) is 5.91 Å². The Morgan fingerprint density at radius 1 is 0.889 bits per heavy atom. The van der Waals surface area contributed by atoms with Crippen LogP contribution >= 0.6 is 0 Å². The van der Waals surface area contributed by atoms with Crippen LogP contribution in [0.3, 0.4) is 0 Å². The van der Waals surface area contributed by atoms with Gasteiger partial charge in [0.2, 0.25) is 10.0 Å². The molecule has 7 nitrogen and oxygen atoms in total. The van der Waals surface area contributed by atoms with Crippen LogP contribution in [0.25, 0.3) is 0 Å². The number of methoxy groups -OCH3 is 2. The zero-order valence-electron chi connectivity index (χ0n) is 16.0. The van der Waals surface area contributed by atoms with Gasteiger partial charge < -0.3 is 14.8 Å². The number of benzene rings is 2. The van der Waals surface area contributed by atoms with Crippen LogP contribution in [0.5, 0.6) is 11.5 Å². The van der Waals surface area contributed by atoms with Crippen molar-refractivity contribution in [3.63, 3.8) is 0 Å². The SMILES string of the molecule is COc1ccc(NC(=O)c2ccc(NS(=O)(=O)C(C)(C)C)cc2)cc1OC. The monoisotopic (exact) mass is 392 g/mol. The summed E-state index contributed by atoms with van der Waals surface area (Å²) in [6.45, 7) is 4.83. The Morgan fingerprint density at radius 2 is 1.44 bits per heavy atom. The van der Waals surface area contributed by atoms with Gasteiger partial charge in [-0.1, -0.05) is 0 Å². The normalized spacial score (nSPS) is 11.6. The molecule has 0 heterocycles. The van der Waals surface area contributed by atoms with E-state index in [0.717, 1.165) is 0 Å². The van der Waals surface area contributed by atoms with Gasteiger partial charge in [-0.3, -0.25) is 9.52 Å². The van der Waals surface area contributed by atoms with Crippen molar-refractivity contribution >= 4 is 27.3 Å². The molecule has 146 valence electrons. The summed E-state index contributed by atoms with van der Waals surface area (Å²) in [5.41, 5.74) is 1.34. The number of rotatable bonds is 6. The number of carbonyl (C=O) groups is 1. The van der Waals surface area contributed by atoms with E-state index < -0.39 is 14.8 Å². The van der Waals surface area contributed by atoms with E-state index in [0.29, 0.717) is 28.4 Å². The molecule has 0 atom stereocenters. The van der Waals surface area contributed by atoms with Gasteiger partial charge in [0, 0.05) is 23.0 Å². The third-order valence-electron chi connectivity index (χ3n) is 3.85. The summed E-state index contributed by atoms with van der Waals surface area (Å²) in [6.07, 6.45) is 0. The van der Waals surface area contributed by atoms with Crippen LogP contribution in [0.1, 0.15) is 31.1 Å². The van der Waals surface area contributed by atoms with E-state index in [2.05, 4.69) is 10.0 Å². The van der Waals surface area contributed by atoms with Crippen LogP contribution < -0.4 is 19.5 Å². The molecule has 0 aliphatic rings. The van der Waals surface area contributed by atoms with E-state index in [1.54, 1.807) is 63.2 Å². The van der Waals surface area contributed by atoms with Crippen molar-refractivity contribution in [1.29, 1.82) is 0 Å². The van der Waals surface area contributed by atoms with Crippen LogP contribution in [0.4, 0.5) is 11.4 Å². The Kier molecular flexibility index (Phi) is 6.00. The fourth-order valence-electron chi connectivity index (χ4n) is 2.12. The standard InChI is InChI=1S/C19H24N2O5S/c1-19(2,3)27(23,24)21-14-8-6-13(7-9-14)18(22)20-15-10-11-16(25-4)17(12-15)26-5/h6-12,21H,1-5H3,(H,20,22). The van der Waals surface area contributed by atoms with Crippen LogP contribution in [-0.4, -0.2) is 33.3 Å². The van der Waals surface area contributed by atoms with E-state index >= 15 is 0 Å². The van der Waals surface area contributed by atoms with Crippen LogP contribution in [-0.2, 0) is 10.0 Å². The van der Waals surface area contributed by atoms with Gasteiger partial charge in [0.05, 0.1) is 19.0 Å². The molecular weight excluding hydrogens is 368 g/mol. The number of anilines is 2. The van der Waals surface area contributed by atoms with Gasteiger partial charge >= 0.3 is 0 Å². The minimum absolute atomic E-state index is 0.326. The van der Waals surface area contributed by atoms with E-state index in [1.807, 2.05) is 0 Å². The Hall–Kier alpha value is -2.74. The highest BCUT2D eigenvalue weighted by atomic mass is 32.2. The number of amides is 1. The molecule has 0 aliphatic heterocycles. The third kappa shape index (κ3) is 4.91. The first-order valence-electron chi connectivity index (χ1n) is 8.23. The van der Waals surface area contributed by atoms with Crippen molar-refractivity contribution in [3.8, 4) is 11.5 Å². The molecule has 0 aromatic heterocycles. The van der Waals surface area contributed by atoms with Gasteiger partial charge in [-0.05, 0) is 57.2 Å². The second-order valence-corrected chi connectivity index (χ2v) is 9.25. The van der Waals surface area contributed by atoms with Gasteiger partial charge in [0.15, 0.2) is 11.5 Å². The molecule has 0 radical (unpaired) electrons. The predicted molar refractivity (Wildman–Crippen MR) is 106 cm³/mol. The summed E-state index contributed by atoms with van der Waals surface area (Å²) in [7, 11) is -0.475. The Morgan fingerprint density at radius 3 is 1.96 bits per heavy atom. The van der Waals surface area contributed by atoms with Crippen molar-refractivity contribution in [2.24, 2.45) is 0 Å². The lowest BCUT2D eigenvalue weighted by Crippen LogP contribution is -2.33. The second-order valence-electron chi connectivity index (χ2n) is 6.82. The number of hydrogen-bond acceptors (Lipinski definition) is 5. The molecule has 0 saturated carbocycles. The molecule has 2 aromatic carbocycles. The average Bonchev–Trinajstić information content (AvgIpc) is 2.60. The minimum Gasteiger partial charge on any atom is -0.493 e. The number of hydrogen-bond donors (Lipinski definition) is 2. The predicted octanol–water partition coefficient (Wildman–Crippen LogP) is 3.50. The van der Waals surface area contributed by atoms with E-state index in [4.69, 9.17) is 9.47 Å². The number of sulfonamides is 1. The lowest BCUT2D eigenvalue weighted by Gasteiger charge is -2.20. The number of nitrogens with one attached hydrogen (secondary N) is 2. The zero-order valence-corrected chi connectivity index (χ0v) is 16.8. The quantitative estimate of drug-likeness (QED) is 0.785. The molecule has 2 aromatic rings. The molecule has 2 rings (SSSR count).